The van der Waals surface area contributed by atoms with Crippen LogP contribution in [0.2, 0.25) is 0 Å². The molecule has 2 aromatic carbocycles. The maximum absolute atomic E-state index is 12.8. The summed E-state index contributed by atoms with van der Waals surface area (Å²) in [5, 5.41) is 14.9. The molecule has 0 aromatic heterocycles. The number of esters is 1. The van der Waals surface area contributed by atoms with E-state index in [1.807, 2.05) is 57.2 Å². The third-order valence-electron chi connectivity index (χ3n) is 8.06. The summed E-state index contributed by atoms with van der Waals surface area (Å²) in [6.45, 7) is 11.1. The second kappa shape index (κ2) is 27.0. The zero-order valence-corrected chi connectivity index (χ0v) is 32.6. The molecule has 2 aromatic rings. The van der Waals surface area contributed by atoms with Crippen molar-refractivity contribution >= 4 is 17.8 Å². The summed E-state index contributed by atoms with van der Waals surface area (Å²) in [6, 6.07) is 14.7. The molecule has 0 spiro atoms. The number of carbonyl (C=O) groups is 3. The SMILES string of the molecule is CC(C)(C)c1cc(OCC(=O)NCCOCCOCCOCCOCCC(=O)NCCOCCOC2CCC(O)CO2)cc(C(=O)OCc2ccccc2)c1. The summed E-state index contributed by atoms with van der Waals surface area (Å²) in [5.74, 6) is -0.488. The molecule has 3 rings (SSSR count). The molecule has 15 heteroatoms. The first kappa shape index (κ1) is 45.7. The fraction of sp³-hybridized carbons (Fsp3) is 0.625. The molecule has 1 aliphatic heterocycles. The quantitative estimate of drug-likeness (QED) is 0.0850. The number of rotatable bonds is 28. The van der Waals surface area contributed by atoms with Gasteiger partial charge in [0, 0.05) is 25.9 Å². The number of nitrogens with one attached hydrogen (secondary N) is 2. The minimum absolute atomic E-state index is 0.116. The van der Waals surface area contributed by atoms with Crippen LogP contribution in [-0.4, -0.2) is 134 Å². The Morgan fingerprint density at radius 2 is 1.35 bits per heavy atom. The Morgan fingerprint density at radius 1 is 0.745 bits per heavy atom. The first-order valence-electron chi connectivity index (χ1n) is 18.9. The van der Waals surface area contributed by atoms with Gasteiger partial charge in [-0.1, -0.05) is 51.1 Å². The average molecular weight is 777 g/mol. The van der Waals surface area contributed by atoms with Crippen molar-refractivity contribution in [3.8, 4) is 5.75 Å². The molecule has 15 nitrogen and oxygen atoms in total. The Labute approximate surface area is 324 Å². The minimum Gasteiger partial charge on any atom is -0.484 e. The number of aliphatic hydroxyl groups is 1. The lowest BCUT2D eigenvalue weighted by Crippen LogP contribution is -2.32. The highest BCUT2D eigenvalue weighted by atomic mass is 16.7. The van der Waals surface area contributed by atoms with Crippen molar-refractivity contribution in [1.29, 1.82) is 0 Å². The van der Waals surface area contributed by atoms with Gasteiger partial charge < -0.3 is 58.4 Å². The molecule has 1 saturated heterocycles. The number of hydrogen-bond acceptors (Lipinski definition) is 13. The van der Waals surface area contributed by atoms with Gasteiger partial charge in [-0.05, 0) is 41.2 Å². The predicted molar refractivity (Wildman–Crippen MR) is 202 cm³/mol. The minimum atomic E-state index is -0.467. The lowest BCUT2D eigenvalue weighted by Gasteiger charge is -2.25. The van der Waals surface area contributed by atoms with Crippen LogP contribution in [0.25, 0.3) is 0 Å². The van der Waals surface area contributed by atoms with Crippen LogP contribution in [0.1, 0.15) is 61.5 Å². The fourth-order valence-electron chi connectivity index (χ4n) is 4.97. The smallest absolute Gasteiger partial charge is 0.338 e. The third kappa shape index (κ3) is 21.3. The van der Waals surface area contributed by atoms with Gasteiger partial charge in [-0.2, -0.15) is 0 Å². The van der Waals surface area contributed by atoms with Crippen molar-refractivity contribution in [1.82, 2.24) is 10.6 Å². The Hall–Kier alpha value is -3.67. The van der Waals surface area contributed by atoms with Crippen LogP contribution in [0.5, 0.6) is 5.75 Å². The van der Waals surface area contributed by atoms with Crippen LogP contribution in [0, 0.1) is 0 Å². The molecule has 1 heterocycles. The number of amides is 2. The first-order chi connectivity index (χ1) is 26.6. The molecule has 3 N–H and O–H groups in total. The van der Waals surface area contributed by atoms with Crippen LogP contribution in [-0.2, 0) is 59.5 Å². The molecule has 2 atom stereocenters. The van der Waals surface area contributed by atoms with E-state index >= 15 is 0 Å². The molecule has 0 saturated carbocycles. The van der Waals surface area contributed by atoms with Gasteiger partial charge in [-0.25, -0.2) is 4.79 Å². The second-order valence-electron chi connectivity index (χ2n) is 13.7. The molecule has 0 aliphatic carbocycles. The number of benzene rings is 2. The summed E-state index contributed by atoms with van der Waals surface area (Å²) in [6.07, 6.45) is 0.883. The van der Waals surface area contributed by atoms with E-state index in [9.17, 15) is 19.5 Å². The highest BCUT2D eigenvalue weighted by Gasteiger charge is 2.21. The van der Waals surface area contributed by atoms with Crippen molar-refractivity contribution in [2.45, 2.75) is 64.4 Å². The standard InChI is InChI=1S/C40H60N2O13/c1-40(2,3)33-25-32(39(46)55-28-31-7-5-4-6-8-31)26-35(27-33)53-30-37(45)42-13-16-48-18-20-51-22-21-50-19-17-47-14-11-36(44)41-12-15-49-23-24-52-38-10-9-34(43)29-54-38/h4-8,25-27,34,38,43H,9-24,28-30H2,1-3H3,(H,41,44)(H,42,45). The number of ether oxygens (including phenoxy) is 9. The van der Waals surface area contributed by atoms with Gasteiger partial charge in [0.2, 0.25) is 5.91 Å². The summed E-state index contributed by atoms with van der Waals surface area (Å²) in [7, 11) is 0. The summed E-state index contributed by atoms with van der Waals surface area (Å²) in [4.78, 5) is 37.1. The summed E-state index contributed by atoms with van der Waals surface area (Å²) in [5.41, 5.74) is 1.88. The Morgan fingerprint density at radius 3 is 1.96 bits per heavy atom. The van der Waals surface area contributed by atoms with Crippen molar-refractivity contribution in [3.63, 3.8) is 0 Å². The summed E-state index contributed by atoms with van der Waals surface area (Å²) >= 11 is 0. The fourth-order valence-corrected chi connectivity index (χ4v) is 4.97. The highest BCUT2D eigenvalue weighted by Crippen LogP contribution is 2.28. The van der Waals surface area contributed by atoms with Crippen LogP contribution < -0.4 is 15.4 Å². The number of aliphatic hydroxyl groups excluding tert-OH is 1. The molecule has 0 bridgehead atoms. The lowest BCUT2D eigenvalue weighted by molar-refractivity contribution is -0.191. The van der Waals surface area contributed by atoms with Gasteiger partial charge in [0.05, 0.1) is 91.0 Å². The molecule has 2 amide bonds. The van der Waals surface area contributed by atoms with Crippen LogP contribution in [0.15, 0.2) is 48.5 Å². The van der Waals surface area contributed by atoms with E-state index in [0.29, 0.717) is 117 Å². The molecular formula is C40H60N2O13. The lowest BCUT2D eigenvalue weighted by atomic mass is 9.86. The molecule has 2 unspecified atom stereocenters. The van der Waals surface area contributed by atoms with Gasteiger partial charge in [-0.15, -0.1) is 0 Å². The van der Waals surface area contributed by atoms with Crippen molar-refractivity contribution < 1.29 is 62.1 Å². The van der Waals surface area contributed by atoms with Gasteiger partial charge in [0.1, 0.15) is 12.4 Å². The molecule has 0 radical (unpaired) electrons. The monoisotopic (exact) mass is 776 g/mol. The Kier molecular flexibility index (Phi) is 22.5. The highest BCUT2D eigenvalue weighted by molar-refractivity contribution is 5.90. The third-order valence-corrected chi connectivity index (χ3v) is 8.06. The second-order valence-corrected chi connectivity index (χ2v) is 13.7. The van der Waals surface area contributed by atoms with Crippen molar-refractivity contribution in [3.05, 3.63) is 65.2 Å². The van der Waals surface area contributed by atoms with E-state index in [2.05, 4.69) is 10.6 Å². The molecule has 55 heavy (non-hydrogen) atoms. The molecule has 308 valence electrons. The van der Waals surface area contributed by atoms with Gasteiger partial charge in [0.25, 0.3) is 5.91 Å². The van der Waals surface area contributed by atoms with E-state index in [1.54, 1.807) is 12.1 Å². The Bertz CT molecular complexity index is 1360. The predicted octanol–water partition coefficient (Wildman–Crippen LogP) is 2.94. The number of carbonyl (C=O) groups excluding carboxylic acids is 3. The molecule has 1 aliphatic rings. The zero-order valence-electron chi connectivity index (χ0n) is 32.6. The van der Waals surface area contributed by atoms with Gasteiger partial charge >= 0.3 is 5.97 Å². The normalized spacial score (nSPS) is 15.7. The van der Waals surface area contributed by atoms with E-state index in [1.165, 1.54) is 0 Å². The summed E-state index contributed by atoms with van der Waals surface area (Å²) < 4.78 is 49.5. The van der Waals surface area contributed by atoms with Crippen LogP contribution >= 0.6 is 0 Å². The maximum atomic E-state index is 12.8. The maximum Gasteiger partial charge on any atom is 0.338 e. The van der Waals surface area contributed by atoms with E-state index in [0.717, 1.165) is 11.1 Å². The Balaban J connectivity index is 1.10. The largest absolute Gasteiger partial charge is 0.484 e. The van der Waals surface area contributed by atoms with Crippen LogP contribution in [0.4, 0.5) is 0 Å². The van der Waals surface area contributed by atoms with E-state index < -0.39 is 12.1 Å². The van der Waals surface area contributed by atoms with Gasteiger partial charge in [0.15, 0.2) is 12.9 Å². The van der Waals surface area contributed by atoms with Gasteiger partial charge in [-0.3, -0.25) is 9.59 Å². The molecular weight excluding hydrogens is 716 g/mol. The van der Waals surface area contributed by atoms with E-state index in [4.69, 9.17) is 42.6 Å². The van der Waals surface area contributed by atoms with Crippen molar-refractivity contribution in [2.75, 3.05) is 99.0 Å². The van der Waals surface area contributed by atoms with Crippen molar-refractivity contribution in [2.24, 2.45) is 0 Å². The van der Waals surface area contributed by atoms with E-state index in [-0.39, 0.29) is 43.2 Å². The zero-order chi connectivity index (χ0) is 39.6. The topological polar surface area (TPSA) is 179 Å². The average Bonchev–Trinajstić information content (AvgIpc) is 3.17. The first-order valence-corrected chi connectivity index (χ1v) is 18.9. The molecule has 1 fully saturated rings. The van der Waals surface area contributed by atoms with Crippen LogP contribution in [0.3, 0.4) is 0 Å². The number of hydrogen-bond donors (Lipinski definition) is 3.